The number of nitrogens with one attached hydrogen (secondary N) is 1. The summed E-state index contributed by atoms with van der Waals surface area (Å²) in [5.41, 5.74) is 6.21. The molecule has 2 rings (SSSR count). The number of urea groups is 1. The molecular weight excluding hydrogens is 270 g/mol. The summed E-state index contributed by atoms with van der Waals surface area (Å²) in [5.74, 6) is 0.000986. The van der Waals surface area contributed by atoms with Crippen LogP contribution in [0.25, 0.3) is 0 Å². The molecule has 0 aliphatic carbocycles. The van der Waals surface area contributed by atoms with Crippen LogP contribution >= 0.6 is 0 Å². The number of primary amides is 1. The van der Waals surface area contributed by atoms with Gasteiger partial charge >= 0.3 is 6.03 Å². The zero-order valence-corrected chi connectivity index (χ0v) is 11.9. The Balaban J connectivity index is 2.03. The molecule has 0 bridgehead atoms. The van der Waals surface area contributed by atoms with E-state index in [0.717, 1.165) is 32.2 Å². The highest BCUT2D eigenvalue weighted by atomic mass is 16.3. The van der Waals surface area contributed by atoms with Crippen molar-refractivity contribution in [2.24, 2.45) is 5.73 Å². The van der Waals surface area contributed by atoms with Gasteiger partial charge in [0.1, 0.15) is 0 Å². The Morgan fingerprint density at radius 2 is 2.05 bits per heavy atom. The molecule has 1 heterocycles. The Labute approximate surface area is 123 Å². The van der Waals surface area contributed by atoms with Crippen molar-refractivity contribution in [3.8, 4) is 0 Å². The van der Waals surface area contributed by atoms with Gasteiger partial charge in [0.2, 0.25) is 0 Å². The quantitative estimate of drug-likeness (QED) is 0.768. The predicted octanol–water partition coefficient (Wildman–Crippen LogP) is 1.55. The maximum atomic E-state index is 12.5. The van der Waals surface area contributed by atoms with E-state index in [2.05, 4.69) is 5.32 Å². The van der Waals surface area contributed by atoms with Gasteiger partial charge in [0.25, 0.3) is 5.91 Å². The van der Waals surface area contributed by atoms with Gasteiger partial charge in [-0.3, -0.25) is 4.79 Å². The minimum atomic E-state index is -0.627. The van der Waals surface area contributed by atoms with Crippen LogP contribution in [0.5, 0.6) is 0 Å². The molecule has 6 heteroatoms. The first-order valence-corrected chi connectivity index (χ1v) is 7.20. The Morgan fingerprint density at radius 3 is 2.67 bits per heavy atom. The van der Waals surface area contributed by atoms with Crippen molar-refractivity contribution in [3.63, 3.8) is 0 Å². The summed E-state index contributed by atoms with van der Waals surface area (Å²) in [7, 11) is 0. The van der Waals surface area contributed by atoms with Crippen molar-refractivity contribution in [1.82, 2.24) is 4.90 Å². The smallest absolute Gasteiger partial charge is 0.316 e. The number of carbonyl (C=O) groups excluding carboxylic acids is 2. The molecule has 1 unspecified atom stereocenters. The molecule has 3 amide bonds. The molecule has 0 saturated carbocycles. The average molecular weight is 291 g/mol. The van der Waals surface area contributed by atoms with Crippen LogP contribution in [-0.4, -0.2) is 41.1 Å². The van der Waals surface area contributed by atoms with Crippen LogP contribution in [0, 0.1) is 0 Å². The van der Waals surface area contributed by atoms with E-state index < -0.39 is 6.03 Å². The molecule has 1 aromatic carbocycles. The maximum Gasteiger partial charge on any atom is 0.316 e. The number of benzene rings is 1. The zero-order chi connectivity index (χ0) is 15.2. The van der Waals surface area contributed by atoms with Crippen LogP contribution in [-0.2, 0) is 0 Å². The third kappa shape index (κ3) is 3.95. The summed E-state index contributed by atoms with van der Waals surface area (Å²) in [6.07, 6.45) is 3.55. The highest BCUT2D eigenvalue weighted by Crippen LogP contribution is 2.24. The third-order valence-corrected chi connectivity index (χ3v) is 3.73. The largest absolute Gasteiger partial charge is 0.396 e. The molecular formula is C15H21N3O3. The lowest BCUT2D eigenvalue weighted by atomic mass is 10.1. The van der Waals surface area contributed by atoms with Crippen molar-refractivity contribution in [3.05, 3.63) is 29.8 Å². The lowest BCUT2D eigenvalue weighted by molar-refractivity contribution is 0.0724. The molecule has 1 saturated heterocycles. The van der Waals surface area contributed by atoms with Gasteiger partial charge in [-0.25, -0.2) is 4.79 Å². The van der Waals surface area contributed by atoms with E-state index in [-0.39, 0.29) is 18.6 Å². The first-order valence-electron chi connectivity index (χ1n) is 7.20. The number of aliphatic hydroxyl groups excluding tert-OH is 1. The van der Waals surface area contributed by atoms with Crippen LogP contribution in [0.4, 0.5) is 10.5 Å². The molecule has 6 nitrogen and oxygen atoms in total. The molecule has 0 radical (unpaired) electrons. The highest BCUT2D eigenvalue weighted by Gasteiger charge is 2.28. The Hall–Kier alpha value is -2.08. The number of aliphatic hydroxyl groups is 1. The van der Waals surface area contributed by atoms with Gasteiger partial charge in [-0.2, -0.15) is 0 Å². The van der Waals surface area contributed by atoms with Crippen LogP contribution in [0.3, 0.4) is 0 Å². The minimum absolute atomic E-state index is 0.000986. The lowest BCUT2D eigenvalue weighted by Gasteiger charge is -2.24. The van der Waals surface area contributed by atoms with Crippen molar-refractivity contribution in [2.45, 2.75) is 31.7 Å². The third-order valence-electron chi connectivity index (χ3n) is 3.73. The fourth-order valence-electron chi connectivity index (χ4n) is 2.73. The van der Waals surface area contributed by atoms with Gasteiger partial charge in [0, 0.05) is 30.4 Å². The summed E-state index contributed by atoms with van der Waals surface area (Å²) < 4.78 is 0. The van der Waals surface area contributed by atoms with Gasteiger partial charge < -0.3 is 21.1 Å². The second-order valence-electron chi connectivity index (χ2n) is 5.23. The molecule has 1 aliphatic rings. The lowest BCUT2D eigenvalue weighted by Crippen LogP contribution is -2.35. The number of hydrogen-bond donors (Lipinski definition) is 3. The van der Waals surface area contributed by atoms with Crippen LogP contribution in [0.15, 0.2) is 24.3 Å². The van der Waals surface area contributed by atoms with Crippen molar-refractivity contribution >= 4 is 17.6 Å². The number of hydrogen-bond acceptors (Lipinski definition) is 3. The average Bonchev–Trinajstić information content (AvgIpc) is 2.93. The molecule has 1 atom stereocenters. The van der Waals surface area contributed by atoms with Gasteiger partial charge in [0.05, 0.1) is 0 Å². The van der Waals surface area contributed by atoms with E-state index >= 15 is 0 Å². The zero-order valence-electron chi connectivity index (χ0n) is 11.9. The minimum Gasteiger partial charge on any atom is -0.396 e. The summed E-state index contributed by atoms with van der Waals surface area (Å²) in [6.45, 7) is 0.919. The Kier molecular flexibility index (Phi) is 5.16. The summed E-state index contributed by atoms with van der Waals surface area (Å²) in [6, 6.07) is 6.29. The Morgan fingerprint density at radius 1 is 1.33 bits per heavy atom. The second kappa shape index (κ2) is 7.08. The van der Waals surface area contributed by atoms with Gasteiger partial charge in [-0.15, -0.1) is 0 Å². The number of nitrogens with two attached hydrogens (primary N) is 1. The highest BCUT2D eigenvalue weighted by molar-refractivity contribution is 5.95. The fraction of sp³-hybridized carbons (Fsp3) is 0.467. The number of rotatable bonds is 5. The summed E-state index contributed by atoms with van der Waals surface area (Å²) >= 11 is 0. The van der Waals surface area contributed by atoms with E-state index in [9.17, 15) is 9.59 Å². The van der Waals surface area contributed by atoms with E-state index in [4.69, 9.17) is 10.8 Å². The Bertz CT molecular complexity index is 501. The molecule has 21 heavy (non-hydrogen) atoms. The number of nitrogens with zero attached hydrogens (tertiary/aromatic N) is 1. The molecule has 4 N–H and O–H groups in total. The number of amides is 3. The van der Waals surface area contributed by atoms with Crippen molar-refractivity contribution in [1.29, 1.82) is 0 Å². The topological polar surface area (TPSA) is 95.7 Å². The van der Waals surface area contributed by atoms with Crippen LogP contribution in [0.2, 0.25) is 0 Å². The van der Waals surface area contributed by atoms with Crippen LogP contribution < -0.4 is 11.1 Å². The predicted molar refractivity (Wildman–Crippen MR) is 80.0 cm³/mol. The van der Waals surface area contributed by atoms with Crippen molar-refractivity contribution < 1.29 is 14.7 Å². The van der Waals surface area contributed by atoms with E-state index in [0.29, 0.717) is 11.3 Å². The van der Waals surface area contributed by atoms with Gasteiger partial charge in [-0.1, -0.05) is 0 Å². The molecule has 114 valence electrons. The van der Waals surface area contributed by atoms with Crippen LogP contribution in [0.1, 0.15) is 36.0 Å². The standard InChI is InChI=1S/C15H21N3O3/c16-15(21)17-12-7-5-11(6-8-12)14(20)18-9-1-3-13(18)4-2-10-19/h5-8,13,19H,1-4,9-10H2,(H3,16,17,21). The SMILES string of the molecule is NC(=O)Nc1ccc(C(=O)N2CCCC2CCCO)cc1. The number of anilines is 1. The number of carbonyl (C=O) groups is 2. The summed E-state index contributed by atoms with van der Waals surface area (Å²) in [4.78, 5) is 25.1. The van der Waals surface area contributed by atoms with Gasteiger partial charge in [0.15, 0.2) is 0 Å². The second-order valence-corrected chi connectivity index (χ2v) is 5.23. The van der Waals surface area contributed by atoms with E-state index in [1.807, 2.05) is 4.90 Å². The molecule has 1 fully saturated rings. The fourth-order valence-corrected chi connectivity index (χ4v) is 2.73. The van der Waals surface area contributed by atoms with E-state index in [1.165, 1.54) is 0 Å². The first kappa shape index (κ1) is 15.3. The molecule has 0 spiro atoms. The van der Waals surface area contributed by atoms with E-state index in [1.54, 1.807) is 24.3 Å². The van der Waals surface area contributed by atoms with Crippen molar-refractivity contribution in [2.75, 3.05) is 18.5 Å². The summed E-state index contributed by atoms with van der Waals surface area (Å²) in [5, 5.41) is 11.4. The monoisotopic (exact) mass is 291 g/mol. The maximum absolute atomic E-state index is 12.5. The molecule has 1 aliphatic heterocycles. The van der Waals surface area contributed by atoms with Gasteiger partial charge in [-0.05, 0) is 49.9 Å². The molecule has 0 aromatic heterocycles. The first-order chi connectivity index (χ1) is 10.1. The molecule has 1 aromatic rings. The normalized spacial score (nSPS) is 17.8. The number of likely N-dealkylation sites (tertiary alicyclic amines) is 1.